The second-order valence-electron chi connectivity index (χ2n) is 9.65. The Balaban J connectivity index is 1.39. The summed E-state index contributed by atoms with van der Waals surface area (Å²) in [4.78, 5) is 32.4. The Morgan fingerprint density at radius 2 is 1.69 bits per heavy atom. The predicted octanol–water partition coefficient (Wildman–Crippen LogP) is 4.14. The van der Waals surface area contributed by atoms with E-state index in [9.17, 15) is 9.59 Å². The average molecular weight is 532 g/mol. The monoisotopic (exact) mass is 531 g/mol. The van der Waals surface area contributed by atoms with E-state index in [1.165, 1.54) is 0 Å². The lowest BCUT2D eigenvalue weighted by Gasteiger charge is -2.31. The van der Waals surface area contributed by atoms with Gasteiger partial charge in [-0.05, 0) is 68.3 Å². The van der Waals surface area contributed by atoms with Gasteiger partial charge >= 0.3 is 0 Å². The molecule has 39 heavy (non-hydrogen) atoms. The third-order valence-electron chi connectivity index (χ3n) is 7.21. The van der Waals surface area contributed by atoms with Crippen LogP contribution in [0, 0.1) is 0 Å². The van der Waals surface area contributed by atoms with Gasteiger partial charge in [0.2, 0.25) is 5.91 Å². The number of carbonyl (C=O) groups is 2. The van der Waals surface area contributed by atoms with Crippen LogP contribution in [0.1, 0.15) is 37.0 Å². The molecule has 1 aromatic heterocycles. The number of methoxy groups -OCH3 is 2. The number of ether oxygens (including phenoxy) is 2. The molecule has 1 aliphatic heterocycles. The summed E-state index contributed by atoms with van der Waals surface area (Å²) >= 11 is 0. The van der Waals surface area contributed by atoms with E-state index in [1.807, 2.05) is 55.1 Å². The number of nitrogens with zero attached hydrogens (tertiary/aromatic N) is 5. The van der Waals surface area contributed by atoms with Gasteiger partial charge in [0.1, 0.15) is 18.0 Å². The molecule has 2 amide bonds. The lowest BCUT2D eigenvalue weighted by atomic mass is 10.1. The highest BCUT2D eigenvalue weighted by Gasteiger charge is 2.27. The molecule has 3 aromatic rings. The first-order chi connectivity index (χ1) is 18.9. The molecule has 0 saturated carbocycles. The first-order valence-electron chi connectivity index (χ1n) is 13.4. The fraction of sp³-hybridized carbons (Fsp3) is 0.400. The molecule has 0 aliphatic carbocycles. The van der Waals surface area contributed by atoms with E-state index < -0.39 is 0 Å². The van der Waals surface area contributed by atoms with Crippen LogP contribution in [0.2, 0.25) is 0 Å². The minimum Gasteiger partial charge on any atom is -0.497 e. The van der Waals surface area contributed by atoms with Crippen molar-refractivity contribution in [2.75, 3.05) is 51.8 Å². The first-order valence-corrected chi connectivity index (χ1v) is 13.4. The van der Waals surface area contributed by atoms with Crippen molar-refractivity contribution in [1.82, 2.24) is 20.0 Å². The maximum absolute atomic E-state index is 13.4. The molecule has 0 N–H and O–H groups in total. The minimum atomic E-state index is -0.150. The zero-order valence-corrected chi connectivity index (χ0v) is 23.2. The largest absolute Gasteiger partial charge is 0.497 e. The lowest BCUT2D eigenvalue weighted by Crippen LogP contribution is -2.47. The van der Waals surface area contributed by atoms with Gasteiger partial charge in [0, 0.05) is 43.3 Å². The van der Waals surface area contributed by atoms with Gasteiger partial charge in [0.25, 0.3) is 5.91 Å². The number of amides is 2. The SMILES string of the molecule is CCC(C)N(CC(=O)N1CCCN(c2ccc(-c3cccc(OC)c3)nn2)CC1)C(=O)c1ccc(OC)cc1. The molecule has 0 bridgehead atoms. The number of hydrogen-bond acceptors (Lipinski definition) is 7. The maximum atomic E-state index is 13.4. The second-order valence-corrected chi connectivity index (χ2v) is 9.65. The topological polar surface area (TPSA) is 88.1 Å². The summed E-state index contributed by atoms with van der Waals surface area (Å²) in [7, 11) is 3.23. The number of aromatic nitrogens is 2. The quantitative estimate of drug-likeness (QED) is 0.410. The van der Waals surface area contributed by atoms with Gasteiger partial charge in [0.05, 0.1) is 19.9 Å². The van der Waals surface area contributed by atoms with Crippen molar-refractivity contribution in [1.29, 1.82) is 0 Å². The van der Waals surface area contributed by atoms with Crippen molar-refractivity contribution < 1.29 is 19.1 Å². The highest BCUT2D eigenvalue weighted by Crippen LogP contribution is 2.23. The molecule has 2 aromatic carbocycles. The van der Waals surface area contributed by atoms with Gasteiger partial charge in [0.15, 0.2) is 5.82 Å². The third-order valence-corrected chi connectivity index (χ3v) is 7.21. The van der Waals surface area contributed by atoms with Crippen LogP contribution in [-0.4, -0.2) is 84.8 Å². The van der Waals surface area contributed by atoms with E-state index in [0.717, 1.165) is 42.2 Å². The summed E-state index contributed by atoms with van der Waals surface area (Å²) in [6, 6.07) is 18.6. The first kappa shape index (κ1) is 27.9. The van der Waals surface area contributed by atoms with E-state index in [1.54, 1.807) is 43.4 Å². The lowest BCUT2D eigenvalue weighted by molar-refractivity contribution is -0.132. The molecule has 4 rings (SSSR count). The molecule has 0 spiro atoms. The van der Waals surface area contributed by atoms with Crippen LogP contribution in [0.5, 0.6) is 11.5 Å². The van der Waals surface area contributed by atoms with Crippen molar-refractivity contribution >= 4 is 17.6 Å². The summed E-state index contributed by atoms with van der Waals surface area (Å²) in [5, 5.41) is 8.90. The van der Waals surface area contributed by atoms with Crippen molar-refractivity contribution in [2.45, 2.75) is 32.7 Å². The summed E-state index contributed by atoms with van der Waals surface area (Å²) in [6.45, 7) is 6.67. The van der Waals surface area contributed by atoms with Crippen molar-refractivity contribution in [3.63, 3.8) is 0 Å². The highest BCUT2D eigenvalue weighted by atomic mass is 16.5. The van der Waals surface area contributed by atoms with Gasteiger partial charge in [-0.25, -0.2) is 0 Å². The average Bonchev–Trinajstić information content (AvgIpc) is 3.26. The van der Waals surface area contributed by atoms with E-state index >= 15 is 0 Å². The molecule has 1 unspecified atom stereocenters. The van der Waals surface area contributed by atoms with Crippen LogP contribution in [0.3, 0.4) is 0 Å². The Bertz CT molecular complexity index is 1250. The van der Waals surface area contributed by atoms with Gasteiger partial charge in [-0.15, -0.1) is 10.2 Å². The van der Waals surface area contributed by atoms with Crippen LogP contribution >= 0.6 is 0 Å². The summed E-state index contributed by atoms with van der Waals surface area (Å²) in [5.74, 6) is 2.05. The summed E-state index contributed by atoms with van der Waals surface area (Å²) < 4.78 is 10.5. The Hall–Kier alpha value is -4.14. The molecule has 206 valence electrons. The van der Waals surface area contributed by atoms with E-state index in [4.69, 9.17) is 9.47 Å². The van der Waals surface area contributed by atoms with Crippen LogP contribution in [0.25, 0.3) is 11.3 Å². The van der Waals surface area contributed by atoms with Crippen molar-refractivity contribution in [3.05, 3.63) is 66.2 Å². The standard InChI is InChI=1S/C30H37N5O4/c1-5-22(2)35(30(37)23-10-12-25(38-3)13-11-23)21-29(36)34-17-7-16-33(18-19-34)28-15-14-27(31-32-28)24-8-6-9-26(20-24)39-4/h6,8-15,20,22H,5,7,16-19,21H2,1-4H3. The maximum Gasteiger partial charge on any atom is 0.254 e. The van der Waals surface area contributed by atoms with Gasteiger partial charge in [-0.1, -0.05) is 19.1 Å². The molecule has 1 saturated heterocycles. The molecule has 1 fully saturated rings. The van der Waals surface area contributed by atoms with Crippen molar-refractivity contribution in [3.8, 4) is 22.8 Å². The normalized spacial score (nSPS) is 14.4. The number of rotatable bonds is 9. The smallest absolute Gasteiger partial charge is 0.254 e. The van der Waals surface area contributed by atoms with Gasteiger partial charge in [-0.2, -0.15) is 0 Å². The molecule has 9 heteroatoms. The Labute approximate surface area is 230 Å². The molecule has 2 heterocycles. The zero-order valence-electron chi connectivity index (χ0n) is 23.2. The van der Waals surface area contributed by atoms with Crippen LogP contribution < -0.4 is 14.4 Å². The van der Waals surface area contributed by atoms with Crippen LogP contribution in [0.4, 0.5) is 5.82 Å². The Kier molecular flexibility index (Phi) is 9.35. The van der Waals surface area contributed by atoms with Crippen LogP contribution in [0.15, 0.2) is 60.7 Å². The zero-order chi connectivity index (χ0) is 27.8. The number of benzene rings is 2. The molecule has 1 aliphatic rings. The summed E-state index contributed by atoms with van der Waals surface area (Å²) in [6.07, 6.45) is 1.56. The van der Waals surface area contributed by atoms with Gasteiger partial charge in [-0.3, -0.25) is 9.59 Å². The van der Waals surface area contributed by atoms with E-state index in [0.29, 0.717) is 30.9 Å². The summed E-state index contributed by atoms with van der Waals surface area (Å²) in [5.41, 5.74) is 2.26. The van der Waals surface area contributed by atoms with Gasteiger partial charge < -0.3 is 24.2 Å². The number of hydrogen-bond donors (Lipinski definition) is 0. The molecule has 0 radical (unpaired) electrons. The van der Waals surface area contributed by atoms with E-state index in [-0.39, 0.29) is 24.4 Å². The third kappa shape index (κ3) is 6.85. The van der Waals surface area contributed by atoms with E-state index in [2.05, 4.69) is 15.1 Å². The fourth-order valence-electron chi connectivity index (χ4n) is 4.62. The highest BCUT2D eigenvalue weighted by molar-refractivity contribution is 5.96. The second kappa shape index (κ2) is 13.1. The van der Waals surface area contributed by atoms with Crippen molar-refractivity contribution in [2.24, 2.45) is 0 Å². The number of anilines is 1. The molecular formula is C30H37N5O4. The Morgan fingerprint density at radius 1 is 0.923 bits per heavy atom. The molecule has 1 atom stereocenters. The minimum absolute atomic E-state index is 0.0431. The molecule has 9 nitrogen and oxygen atoms in total. The molecular weight excluding hydrogens is 494 g/mol. The number of carbonyl (C=O) groups excluding carboxylic acids is 2. The predicted molar refractivity (Wildman–Crippen MR) is 151 cm³/mol. The van der Waals surface area contributed by atoms with Crippen LogP contribution in [-0.2, 0) is 4.79 Å². The Morgan fingerprint density at radius 3 is 2.36 bits per heavy atom. The fourth-order valence-corrected chi connectivity index (χ4v) is 4.62.